The lowest BCUT2D eigenvalue weighted by molar-refractivity contribution is 0.0704. The third-order valence-electron chi connectivity index (χ3n) is 4.48. The van der Waals surface area contributed by atoms with E-state index in [1.807, 2.05) is 12.1 Å². The Morgan fingerprint density at radius 2 is 2.04 bits per heavy atom. The van der Waals surface area contributed by atoms with Gasteiger partial charge in [-0.05, 0) is 31.0 Å². The van der Waals surface area contributed by atoms with Crippen LogP contribution in [-0.2, 0) is 7.05 Å². The van der Waals surface area contributed by atoms with Crippen LogP contribution < -0.4 is 5.56 Å². The van der Waals surface area contributed by atoms with Gasteiger partial charge in [0, 0.05) is 32.1 Å². The molecule has 0 aliphatic carbocycles. The Kier molecular flexibility index (Phi) is 4.37. The maximum absolute atomic E-state index is 12.6. The van der Waals surface area contributed by atoms with E-state index in [4.69, 9.17) is 4.42 Å². The molecule has 9 heteroatoms. The van der Waals surface area contributed by atoms with Crippen LogP contribution in [0.1, 0.15) is 34.3 Å². The van der Waals surface area contributed by atoms with Crippen LogP contribution in [0.25, 0.3) is 10.8 Å². The van der Waals surface area contributed by atoms with E-state index in [1.54, 1.807) is 11.2 Å². The summed E-state index contributed by atoms with van der Waals surface area (Å²) in [6.07, 6.45) is 3.27. The Bertz CT molecular complexity index is 970. The summed E-state index contributed by atoms with van der Waals surface area (Å²) in [6.45, 7) is 1.26. The number of carbonyl (C=O) groups excluding carboxylic acids is 1. The van der Waals surface area contributed by atoms with Crippen LogP contribution in [-0.4, -0.2) is 43.9 Å². The first kappa shape index (κ1) is 16.6. The second-order valence-corrected chi connectivity index (χ2v) is 7.18. The number of rotatable bonds is 3. The summed E-state index contributed by atoms with van der Waals surface area (Å²) in [5.74, 6) is 0.864. The van der Waals surface area contributed by atoms with Gasteiger partial charge in [-0.25, -0.2) is 4.68 Å². The average molecular weight is 371 g/mol. The van der Waals surface area contributed by atoms with Gasteiger partial charge in [-0.2, -0.15) is 5.10 Å². The molecule has 134 valence electrons. The number of nitrogens with zero attached hydrogens (tertiary/aromatic N) is 5. The highest BCUT2D eigenvalue weighted by molar-refractivity contribution is 7.14. The van der Waals surface area contributed by atoms with Crippen molar-refractivity contribution in [1.82, 2.24) is 24.9 Å². The van der Waals surface area contributed by atoms with E-state index in [1.165, 1.54) is 35.2 Å². The first-order chi connectivity index (χ1) is 12.6. The molecule has 1 amide bonds. The van der Waals surface area contributed by atoms with Gasteiger partial charge in [0.1, 0.15) is 10.7 Å². The molecular formula is C17H17N5O3S. The molecule has 1 fully saturated rings. The highest BCUT2D eigenvalue weighted by atomic mass is 32.1. The number of aryl methyl sites for hydroxylation is 1. The van der Waals surface area contributed by atoms with Crippen molar-refractivity contribution in [3.8, 4) is 10.8 Å². The van der Waals surface area contributed by atoms with Crippen LogP contribution in [0, 0.1) is 0 Å². The average Bonchev–Trinajstić information content (AvgIpc) is 3.35. The van der Waals surface area contributed by atoms with Crippen LogP contribution in [0.3, 0.4) is 0 Å². The molecule has 4 rings (SSSR count). The molecule has 0 radical (unpaired) electrons. The standard InChI is InChI=1S/C17H17N5O3S/c1-21-14(23)5-4-12(20-21)17(24)22-8-6-11(7-9-22)15-18-19-16(26-15)13-3-2-10-25-13/h2-5,10-11H,6-9H2,1H3. The van der Waals surface area contributed by atoms with E-state index in [2.05, 4.69) is 15.3 Å². The number of furan rings is 1. The third kappa shape index (κ3) is 3.17. The molecule has 0 aromatic carbocycles. The first-order valence-electron chi connectivity index (χ1n) is 8.33. The lowest BCUT2D eigenvalue weighted by atomic mass is 9.97. The fourth-order valence-electron chi connectivity index (χ4n) is 3.01. The normalized spacial score (nSPS) is 15.3. The second-order valence-electron chi connectivity index (χ2n) is 6.17. The van der Waals surface area contributed by atoms with Crippen molar-refractivity contribution in [2.24, 2.45) is 7.05 Å². The maximum atomic E-state index is 12.6. The zero-order chi connectivity index (χ0) is 18.1. The van der Waals surface area contributed by atoms with E-state index < -0.39 is 0 Å². The van der Waals surface area contributed by atoms with Crippen molar-refractivity contribution in [2.75, 3.05) is 13.1 Å². The second kappa shape index (κ2) is 6.83. The molecule has 0 N–H and O–H groups in total. The van der Waals surface area contributed by atoms with Gasteiger partial charge in [0.2, 0.25) is 0 Å². The van der Waals surface area contributed by atoms with Crippen molar-refractivity contribution >= 4 is 17.2 Å². The maximum Gasteiger partial charge on any atom is 0.274 e. The molecule has 1 aliphatic rings. The van der Waals surface area contributed by atoms with Gasteiger partial charge in [-0.3, -0.25) is 9.59 Å². The quantitative estimate of drug-likeness (QED) is 0.698. The number of hydrogen-bond acceptors (Lipinski definition) is 7. The fourth-order valence-corrected chi connectivity index (χ4v) is 3.99. The molecule has 0 unspecified atom stereocenters. The van der Waals surface area contributed by atoms with Crippen LogP contribution in [0.15, 0.2) is 39.7 Å². The van der Waals surface area contributed by atoms with Crippen LogP contribution >= 0.6 is 11.3 Å². The van der Waals surface area contributed by atoms with E-state index in [0.29, 0.717) is 18.8 Å². The summed E-state index contributed by atoms with van der Waals surface area (Å²) in [7, 11) is 1.54. The summed E-state index contributed by atoms with van der Waals surface area (Å²) in [4.78, 5) is 25.8. The summed E-state index contributed by atoms with van der Waals surface area (Å²) < 4.78 is 6.54. The van der Waals surface area contributed by atoms with Crippen molar-refractivity contribution in [2.45, 2.75) is 18.8 Å². The molecule has 3 aromatic rings. The number of hydrogen-bond donors (Lipinski definition) is 0. The van der Waals surface area contributed by atoms with Crippen molar-refractivity contribution in [3.05, 3.63) is 51.6 Å². The molecule has 1 aliphatic heterocycles. The molecule has 0 spiro atoms. The molecule has 4 heterocycles. The molecule has 0 saturated carbocycles. The van der Waals surface area contributed by atoms with E-state index >= 15 is 0 Å². The number of amides is 1. The van der Waals surface area contributed by atoms with Gasteiger partial charge in [0.25, 0.3) is 11.5 Å². The van der Waals surface area contributed by atoms with Crippen LogP contribution in [0.4, 0.5) is 0 Å². The SMILES string of the molecule is Cn1nc(C(=O)N2CCC(c3nnc(-c4ccco4)s3)CC2)ccc1=O. The lowest BCUT2D eigenvalue weighted by Crippen LogP contribution is -2.39. The highest BCUT2D eigenvalue weighted by Crippen LogP contribution is 2.33. The van der Waals surface area contributed by atoms with Crippen molar-refractivity contribution in [1.29, 1.82) is 0 Å². The Hall–Kier alpha value is -2.81. The van der Waals surface area contributed by atoms with Crippen molar-refractivity contribution < 1.29 is 9.21 Å². The summed E-state index contributed by atoms with van der Waals surface area (Å²) in [6, 6.07) is 6.54. The molecule has 3 aromatic heterocycles. The number of piperidine rings is 1. The fraction of sp³-hybridized carbons (Fsp3) is 0.353. The predicted molar refractivity (Wildman–Crippen MR) is 95.0 cm³/mol. The molecular weight excluding hydrogens is 354 g/mol. The molecule has 1 saturated heterocycles. The van der Waals surface area contributed by atoms with Crippen LogP contribution in [0.5, 0.6) is 0 Å². The topological polar surface area (TPSA) is 94.1 Å². The van der Waals surface area contributed by atoms with E-state index in [-0.39, 0.29) is 17.4 Å². The van der Waals surface area contributed by atoms with Crippen molar-refractivity contribution in [3.63, 3.8) is 0 Å². The lowest BCUT2D eigenvalue weighted by Gasteiger charge is -2.30. The minimum absolute atomic E-state index is 0.146. The molecule has 0 bridgehead atoms. The smallest absolute Gasteiger partial charge is 0.274 e. The predicted octanol–water partition coefficient (Wildman–Crippen LogP) is 1.91. The Morgan fingerprint density at radius 1 is 1.23 bits per heavy atom. The zero-order valence-electron chi connectivity index (χ0n) is 14.2. The van der Waals surface area contributed by atoms with Crippen LogP contribution in [0.2, 0.25) is 0 Å². The van der Waals surface area contributed by atoms with Gasteiger partial charge >= 0.3 is 0 Å². The minimum Gasteiger partial charge on any atom is -0.462 e. The zero-order valence-corrected chi connectivity index (χ0v) is 15.0. The Morgan fingerprint density at radius 3 is 2.73 bits per heavy atom. The van der Waals surface area contributed by atoms with Gasteiger partial charge in [0.15, 0.2) is 10.8 Å². The summed E-state index contributed by atoms with van der Waals surface area (Å²) in [5, 5.41) is 14.3. The molecule has 26 heavy (non-hydrogen) atoms. The molecule has 8 nitrogen and oxygen atoms in total. The summed E-state index contributed by atoms with van der Waals surface area (Å²) >= 11 is 1.54. The van der Waals surface area contributed by atoms with Gasteiger partial charge in [-0.15, -0.1) is 10.2 Å². The third-order valence-corrected chi connectivity index (χ3v) is 5.58. The number of carbonyl (C=O) groups is 1. The number of likely N-dealkylation sites (tertiary alicyclic amines) is 1. The molecule has 0 atom stereocenters. The highest BCUT2D eigenvalue weighted by Gasteiger charge is 2.27. The number of aromatic nitrogens is 4. The van der Waals surface area contributed by atoms with Gasteiger partial charge in [-0.1, -0.05) is 11.3 Å². The van der Waals surface area contributed by atoms with Gasteiger partial charge in [0.05, 0.1) is 6.26 Å². The monoisotopic (exact) mass is 371 g/mol. The van der Waals surface area contributed by atoms with Gasteiger partial charge < -0.3 is 9.32 Å². The minimum atomic E-state index is -0.233. The Labute approximate surface area is 153 Å². The largest absolute Gasteiger partial charge is 0.462 e. The van der Waals surface area contributed by atoms with E-state index in [0.717, 1.165) is 28.6 Å². The Balaban J connectivity index is 1.41. The van der Waals surface area contributed by atoms with E-state index in [9.17, 15) is 9.59 Å². The summed E-state index contributed by atoms with van der Waals surface area (Å²) in [5.41, 5.74) is 0.0606. The first-order valence-corrected chi connectivity index (χ1v) is 9.14.